The maximum atomic E-state index is 5.66. The first-order valence-corrected chi connectivity index (χ1v) is 6.08. The van der Waals surface area contributed by atoms with Crippen molar-refractivity contribution in [1.82, 2.24) is 9.97 Å². The minimum absolute atomic E-state index is 0.502. The molecular weight excluding hydrogens is 282 g/mol. The predicted molar refractivity (Wildman–Crippen MR) is 70.4 cm³/mol. The molecule has 0 aliphatic heterocycles. The highest BCUT2D eigenvalue weighted by Crippen LogP contribution is 2.27. The fraction of sp³-hybridized carbons (Fsp3) is 0.167. The summed E-state index contributed by atoms with van der Waals surface area (Å²) in [5, 5.41) is 3.04. The van der Waals surface area contributed by atoms with Gasteiger partial charge in [-0.3, -0.25) is 0 Å². The summed E-state index contributed by atoms with van der Waals surface area (Å²) in [5.74, 6) is 1.80. The molecule has 0 aliphatic rings. The van der Waals surface area contributed by atoms with Crippen LogP contribution in [0.3, 0.4) is 0 Å². The smallest absolute Gasteiger partial charge is 0.238 e. The van der Waals surface area contributed by atoms with Crippen molar-refractivity contribution in [3.8, 4) is 11.6 Å². The molecule has 2 aromatic rings. The highest BCUT2D eigenvalue weighted by atomic mass is 79.9. The van der Waals surface area contributed by atoms with Crippen molar-refractivity contribution in [2.24, 2.45) is 0 Å². The molecule has 4 nitrogen and oxygen atoms in total. The van der Waals surface area contributed by atoms with Crippen LogP contribution >= 0.6 is 15.9 Å². The minimum Gasteiger partial charge on any atom is -0.438 e. The summed E-state index contributed by atoms with van der Waals surface area (Å²) in [6, 6.07) is 9.51. The molecule has 0 aliphatic carbocycles. The van der Waals surface area contributed by atoms with Gasteiger partial charge in [0.05, 0.1) is 10.7 Å². The first kappa shape index (κ1) is 11.9. The number of halogens is 1. The number of ether oxygens (including phenoxy) is 1. The van der Waals surface area contributed by atoms with E-state index in [-0.39, 0.29) is 0 Å². The van der Waals surface area contributed by atoms with Crippen molar-refractivity contribution in [2.75, 3.05) is 11.9 Å². The van der Waals surface area contributed by atoms with Crippen LogP contribution in [0.2, 0.25) is 0 Å². The van der Waals surface area contributed by atoms with E-state index in [1.165, 1.54) is 0 Å². The van der Waals surface area contributed by atoms with Gasteiger partial charge in [-0.2, -0.15) is 4.98 Å². The molecule has 1 heterocycles. The molecule has 0 bridgehead atoms. The largest absolute Gasteiger partial charge is 0.438 e. The van der Waals surface area contributed by atoms with Gasteiger partial charge in [-0.15, -0.1) is 0 Å². The van der Waals surface area contributed by atoms with Gasteiger partial charge in [0.15, 0.2) is 0 Å². The van der Waals surface area contributed by atoms with Gasteiger partial charge in [0, 0.05) is 6.54 Å². The van der Waals surface area contributed by atoms with Gasteiger partial charge in [0.1, 0.15) is 5.75 Å². The van der Waals surface area contributed by atoms with Gasteiger partial charge in [-0.25, -0.2) is 4.98 Å². The van der Waals surface area contributed by atoms with E-state index in [9.17, 15) is 0 Å². The third-order valence-electron chi connectivity index (χ3n) is 2.00. The number of para-hydroxylation sites is 1. The standard InChI is InChI=1S/C12H12BrN3O/c1-2-14-12-15-8-10(13)11(16-12)17-9-6-4-3-5-7-9/h3-8H,2H2,1H3,(H,14,15,16). The molecule has 0 saturated heterocycles. The van der Waals surface area contributed by atoms with Gasteiger partial charge < -0.3 is 10.1 Å². The Bertz CT molecular complexity index is 490. The minimum atomic E-state index is 0.502. The van der Waals surface area contributed by atoms with Crippen molar-refractivity contribution < 1.29 is 4.74 Å². The Balaban J connectivity index is 2.22. The fourth-order valence-corrected chi connectivity index (χ4v) is 1.54. The molecule has 0 amide bonds. The summed E-state index contributed by atoms with van der Waals surface area (Å²) in [6.07, 6.45) is 1.67. The predicted octanol–water partition coefficient (Wildman–Crippen LogP) is 3.46. The molecule has 0 atom stereocenters. The van der Waals surface area contributed by atoms with Gasteiger partial charge in [-0.05, 0) is 35.0 Å². The van der Waals surface area contributed by atoms with Gasteiger partial charge in [0.25, 0.3) is 0 Å². The number of nitrogens with zero attached hydrogens (tertiary/aromatic N) is 2. The number of nitrogens with one attached hydrogen (secondary N) is 1. The quantitative estimate of drug-likeness (QED) is 0.938. The van der Waals surface area contributed by atoms with E-state index < -0.39 is 0 Å². The summed E-state index contributed by atoms with van der Waals surface area (Å²) in [6.45, 7) is 2.76. The van der Waals surface area contributed by atoms with E-state index in [2.05, 4.69) is 31.2 Å². The topological polar surface area (TPSA) is 47.0 Å². The molecule has 0 saturated carbocycles. The van der Waals surface area contributed by atoms with Gasteiger partial charge >= 0.3 is 0 Å². The van der Waals surface area contributed by atoms with Crippen molar-refractivity contribution >= 4 is 21.9 Å². The molecule has 2 rings (SSSR count). The second kappa shape index (κ2) is 5.63. The second-order valence-corrected chi connectivity index (χ2v) is 4.15. The Morgan fingerprint density at radius 1 is 1.29 bits per heavy atom. The third kappa shape index (κ3) is 3.17. The van der Waals surface area contributed by atoms with E-state index in [1.54, 1.807) is 6.20 Å². The van der Waals surface area contributed by atoms with E-state index in [0.717, 1.165) is 16.8 Å². The van der Waals surface area contributed by atoms with Crippen LogP contribution in [0.5, 0.6) is 11.6 Å². The lowest BCUT2D eigenvalue weighted by molar-refractivity contribution is 0.459. The monoisotopic (exact) mass is 293 g/mol. The molecule has 0 unspecified atom stereocenters. The summed E-state index contributed by atoms with van der Waals surface area (Å²) in [7, 11) is 0. The second-order valence-electron chi connectivity index (χ2n) is 3.29. The lowest BCUT2D eigenvalue weighted by atomic mass is 10.3. The van der Waals surface area contributed by atoms with Crippen LogP contribution in [0.15, 0.2) is 41.0 Å². The average Bonchev–Trinajstić information content (AvgIpc) is 2.35. The van der Waals surface area contributed by atoms with E-state index >= 15 is 0 Å². The number of anilines is 1. The maximum absolute atomic E-state index is 5.66. The zero-order valence-electron chi connectivity index (χ0n) is 9.35. The molecule has 5 heteroatoms. The summed E-state index contributed by atoms with van der Waals surface area (Å²) in [4.78, 5) is 8.39. The average molecular weight is 294 g/mol. The molecule has 1 aromatic heterocycles. The number of hydrogen-bond donors (Lipinski definition) is 1. The van der Waals surface area contributed by atoms with Crippen LogP contribution in [0.1, 0.15) is 6.92 Å². The van der Waals surface area contributed by atoms with E-state index in [0.29, 0.717) is 11.8 Å². The number of hydrogen-bond acceptors (Lipinski definition) is 4. The molecule has 1 aromatic carbocycles. The molecule has 0 spiro atoms. The van der Waals surface area contributed by atoms with Crippen molar-refractivity contribution in [3.63, 3.8) is 0 Å². The fourth-order valence-electron chi connectivity index (χ4n) is 1.27. The summed E-state index contributed by atoms with van der Waals surface area (Å²) >= 11 is 3.36. The van der Waals surface area contributed by atoms with Crippen molar-refractivity contribution in [1.29, 1.82) is 0 Å². The lowest BCUT2D eigenvalue weighted by Crippen LogP contribution is -2.02. The highest BCUT2D eigenvalue weighted by molar-refractivity contribution is 9.10. The highest BCUT2D eigenvalue weighted by Gasteiger charge is 2.06. The summed E-state index contributed by atoms with van der Waals surface area (Å²) in [5.41, 5.74) is 0. The Kier molecular flexibility index (Phi) is 3.93. The maximum Gasteiger partial charge on any atom is 0.238 e. The van der Waals surface area contributed by atoms with Crippen LogP contribution < -0.4 is 10.1 Å². The molecular formula is C12H12BrN3O. The van der Waals surface area contributed by atoms with E-state index in [4.69, 9.17) is 4.74 Å². The van der Waals surface area contributed by atoms with Crippen molar-refractivity contribution in [3.05, 3.63) is 41.0 Å². The molecule has 0 radical (unpaired) electrons. The van der Waals surface area contributed by atoms with E-state index in [1.807, 2.05) is 37.3 Å². The summed E-state index contributed by atoms with van der Waals surface area (Å²) < 4.78 is 6.38. The Morgan fingerprint density at radius 3 is 2.76 bits per heavy atom. The Labute approximate surface area is 108 Å². The van der Waals surface area contributed by atoms with Crippen LogP contribution in [-0.2, 0) is 0 Å². The first-order chi connectivity index (χ1) is 8.29. The Morgan fingerprint density at radius 2 is 2.06 bits per heavy atom. The zero-order valence-corrected chi connectivity index (χ0v) is 10.9. The van der Waals surface area contributed by atoms with Crippen molar-refractivity contribution in [2.45, 2.75) is 6.92 Å². The normalized spacial score (nSPS) is 10.0. The zero-order chi connectivity index (χ0) is 12.1. The third-order valence-corrected chi connectivity index (χ3v) is 2.55. The molecule has 17 heavy (non-hydrogen) atoms. The van der Waals surface area contributed by atoms with Crippen LogP contribution in [-0.4, -0.2) is 16.5 Å². The van der Waals surface area contributed by atoms with Crippen LogP contribution in [0, 0.1) is 0 Å². The lowest BCUT2D eigenvalue weighted by Gasteiger charge is -2.08. The SMILES string of the molecule is CCNc1ncc(Br)c(Oc2ccccc2)n1. The Hall–Kier alpha value is -1.62. The number of aromatic nitrogens is 2. The van der Waals surface area contributed by atoms with Crippen LogP contribution in [0.4, 0.5) is 5.95 Å². The molecule has 88 valence electrons. The first-order valence-electron chi connectivity index (χ1n) is 5.29. The van der Waals surface area contributed by atoms with Gasteiger partial charge in [0.2, 0.25) is 11.8 Å². The number of benzene rings is 1. The molecule has 0 fully saturated rings. The number of rotatable bonds is 4. The van der Waals surface area contributed by atoms with Gasteiger partial charge in [-0.1, -0.05) is 18.2 Å². The molecule has 1 N–H and O–H groups in total. The van der Waals surface area contributed by atoms with Crippen LogP contribution in [0.25, 0.3) is 0 Å².